The lowest BCUT2D eigenvalue weighted by molar-refractivity contribution is 0.658. The van der Waals surface area contributed by atoms with Gasteiger partial charge in [0.15, 0.2) is 0 Å². The highest BCUT2D eigenvalue weighted by Gasteiger charge is 2.15. The van der Waals surface area contributed by atoms with Crippen LogP contribution >= 0.6 is 11.3 Å². The van der Waals surface area contributed by atoms with E-state index in [1.54, 1.807) is 11.3 Å². The monoisotopic (exact) mass is 261 g/mol. The molecule has 0 aliphatic rings. The van der Waals surface area contributed by atoms with Gasteiger partial charge in [-0.3, -0.25) is 4.98 Å². The Morgan fingerprint density at radius 2 is 2.22 bits per heavy atom. The molecule has 2 aromatic rings. The van der Waals surface area contributed by atoms with Gasteiger partial charge in [0.25, 0.3) is 0 Å². The molecule has 0 saturated heterocycles. The molecule has 4 heteroatoms. The first-order valence-electron chi connectivity index (χ1n) is 6.25. The van der Waals surface area contributed by atoms with E-state index in [9.17, 15) is 0 Å². The Morgan fingerprint density at radius 3 is 2.89 bits per heavy atom. The fourth-order valence-electron chi connectivity index (χ4n) is 1.97. The van der Waals surface area contributed by atoms with Crippen molar-refractivity contribution in [2.75, 3.05) is 7.05 Å². The molecule has 0 bridgehead atoms. The van der Waals surface area contributed by atoms with Crippen molar-refractivity contribution >= 4 is 11.3 Å². The lowest BCUT2D eigenvalue weighted by atomic mass is 10.1. The third kappa shape index (κ3) is 2.44. The van der Waals surface area contributed by atoms with Gasteiger partial charge in [0.2, 0.25) is 0 Å². The topological polar surface area (TPSA) is 37.8 Å². The van der Waals surface area contributed by atoms with Gasteiger partial charge in [0.1, 0.15) is 5.01 Å². The van der Waals surface area contributed by atoms with Gasteiger partial charge in [-0.2, -0.15) is 0 Å². The first-order valence-corrected chi connectivity index (χ1v) is 7.06. The summed E-state index contributed by atoms with van der Waals surface area (Å²) in [6.45, 7) is 6.39. The number of nitrogens with one attached hydrogen (secondary N) is 1. The van der Waals surface area contributed by atoms with E-state index in [2.05, 4.69) is 37.1 Å². The molecule has 0 saturated carbocycles. The molecule has 2 heterocycles. The van der Waals surface area contributed by atoms with Crippen LogP contribution in [0.25, 0.3) is 10.6 Å². The summed E-state index contributed by atoms with van der Waals surface area (Å²) in [5.74, 6) is 0. The summed E-state index contributed by atoms with van der Waals surface area (Å²) in [5, 5.41) is 4.37. The van der Waals surface area contributed by atoms with Gasteiger partial charge in [-0.05, 0) is 38.9 Å². The van der Waals surface area contributed by atoms with E-state index in [0.717, 1.165) is 17.1 Å². The maximum Gasteiger partial charge on any atom is 0.124 e. The van der Waals surface area contributed by atoms with Crippen LogP contribution in [0.3, 0.4) is 0 Å². The first-order chi connectivity index (χ1) is 8.67. The number of thiazole rings is 1. The summed E-state index contributed by atoms with van der Waals surface area (Å²) in [4.78, 5) is 10.2. The second kappa shape index (κ2) is 5.59. The lowest BCUT2D eigenvalue weighted by Gasteiger charge is -2.07. The minimum Gasteiger partial charge on any atom is -0.312 e. The molecule has 2 rings (SSSR count). The van der Waals surface area contributed by atoms with Crippen LogP contribution in [0.2, 0.25) is 0 Å². The highest BCUT2D eigenvalue weighted by molar-refractivity contribution is 7.15. The zero-order valence-corrected chi connectivity index (χ0v) is 12.1. The molecule has 0 aliphatic carbocycles. The van der Waals surface area contributed by atoms with E-state index >= 15 is 0 Å². The van der Waals surface area contributed by atoms with Crippen molar-refractivity contribution in [1.29, 1.82) is 0 Å². The first kappa shape index (κ1) is 13.2. The summed E-state index contributed by atoms with van der Waals surface area (Å²) in [7, 11) is 1.98. The molecule has 0 radical (unpaired) electrons. The largest absolute Gasteiger partial charge is 0.312 e. The van der Waals surface area contributed by atoms with Crippen molar-refractivity contribution in [3.63, 3.8) is 0 Å². The van der Waals surface area contributed by atoms with Crippen LogP contribution in [0.5, 0.6) is 0 Å². The van der Waals surface area contributed by atoms with Gasteiger partial charge in [0, 0.05) is 28.9 Å². The van der Waals surface area contributed by atoms with E-state index in [1.807, 2.05) is 19.4 Å². The summed E-state index contributed by atoms with van der Waals surface area (Å²) in [5.41, 5.74) is 3.60. The Kier molecular flexibility index (Phi) is 4.09. The number of aromatic nitrogens is 2. The predicted octanol–water partition coefficient (Wildman–Crippen LogP) is 3.36. The average Bonchev–Trinajstić information content (AvgIpc) is 2.79. The number of hydrogen-bond acceptors (Lipinski definition) is 4. The molecule has 1 N–H and O–H groups in total. The van der Waals surface area contributed by atoms with Crippen molar-refractivity contribution in [3.05, 3.63) is 34.6 Å². The zero-order chi connectivity index (χ0) is 13.1. The molecule has 1 unspecified atom stereocenters. The van der Waals surface area contributed by atoms with Crippen molar-refractivity contribution < 1.29 is 0 Å². The van der Waals surface area contributed by atoms with Gasteiger partial charge in [-0.15, -0.1) is 11.3 Å². The molecule has 96 valence electrons. The summed E-state index contributed by atoms with van der Waals surface area (Å²) in [6.07, 6.45) is 4.76. The quantitative estimate of drug-likeness (QED) is 0.917. The van der Waals surface area contributed by atoms with Gasteiger partial charge in [-0.25, -0.2) is 4.98 Å². The zero-order valence-electron chi connectivity index (χ0n) is 11.3. The van der Waals surface area contributed by atoms with Crippen LogP contribution < -0.4 is 5.32 Å². The van der Waals surface area contributed by atoms with Crippen LogP contribution in [0.1, 0.15) is 36.0 Å². The SMILES string of the molecule is CCc1cnccc1-c1nc(C)c(C(C)NC)s1. The molecule has 0 aromatic carbocycles. The van der Waals surface area contributed by atoms with Gasteiger partial charge in [-0.1, -0.05) is 6.92 Å². The number of nitrogens with zero attached hydrogens (tertiary/aromatic N) is 2. The highest BCUT2D eigenvalue weighted by atomic mass is 32.1. The van der Waals surface area contributed by atoms with Crippen LogP contribution in [0.4, 0.5) is 0 Å². The minimum atomic E-state index is 0.350. The standard InChI is InChI=1S/C14H19N3S/c1-5-11-8-16-7-6-12(11)14-17-10(3)13(18-14)9(2)15-4/h6-9,15H,5H2,1-4H3. The van der Waals surface area contributed by atoms with Crippen molar-refractivity contribution in [1.82, 2.24) is 15.3 Å². The molecule has 0 amide bonds. The third-order valence-corrected chi connectivity index (χ3v) is 4.55. The number of aryl methyl sites for hydroxylation is 2. The molecule has 3 nitrogen and oxygen atoms in total. The minimum absolute atomic E-state index is 0.350. The predicted molar refractivity (Wildman–Crippen MR) is 76.9 cm³/mol. The Hall–Kier alpha value is -1.26. The van der Waals surface area contributed by atoms with E-state index in [0.29, 0.717) is 6.04 Å². The number of hydrogen-bond donors (Lipinski definition) is 1. The maximum absolute atomic E-state index is 4.71. The highest BCUT2D eigenvalue weighted by Crippen LogP contribution is 2.33. The summed E-state index contributed by atoms with van der Waals surface area (Å²) >= 11 is 1.77. The molecule has 1 atom stereocenters. The molecular weight excluding hydrogens is 242 g/mol. The third-order valence-electron chi connectivity index (χ3n) is 3.17. The van der Waals surface area contributed by atoms with Crippen molar-refractivity contribution in [2.24, 2.45) is 0 Å². The van der Waals surface area contributed by atoms with Crippen LogP contribution in [-0.4, -0.2) is 17.0 Å². The molecule has 0 fully saturated rings. The van der Waals surface area contributed by atoms with Gasteiger partial charge >= 0.3 is 0 Å². The molecule has 0 spiro atoms. The van der Waals surface area contributed by atoms with Crippen LogP contribution in [-0.2, 0) is 6.42 Å². The number of pyridine rings is 1. The average molecular weight is 261 g/mol. The summed E-state index contributed by atoms with van der Waals surface area (Å²) in [6, 6.07) is 2.41. The Morgan fingerprint density at radius 1 is 1.44 bits per heavy atom. The number of rotatable bonds is 4. The van der Waals surface area contributed by atoms with Gasteiger partial charge in [0.05, 0.1) is 5.69 Å². The van der Waals surface area contributed by atoms with E-state index in [1.165, 1.54) is 16.0 Å². The molecular formula is C14H19N3S. The normalized spacial score (nSPS) is 12.7. The van der Waals surface area contributed by atoms with Crippen molar-refractivity contribution in [2.45, 2.75) is 33.2 Å². The maximum atomic E-state index is 4.71. The van der Waals surface area contributed by atoms with Crippen LogP contribution in [0, 0.1) is 6.92 Å². The van der Waals surface area contributed by atoms with E-state index in [-0.39, 0.29) is 0 Å². The lowest BCUT2D eigenvalue weighted by Crippen LogP contribution is -2.11. The smallest absolute Gasteiger partial charge is 0.124 e. The Bertz CT molecular complexity index is 534. The van der Waals surface area contributed by atoms with Gasteiger partial charge < -0.3 is 5.32 Å². The fraction of sp³-hybridized carbons (Fsp3) is 0.429. The van der Waals surface area contributed by atoms with E-state index < -0.39 is 0 Å². The Labute approximate surface area is 112 Å². The molecule has 2 aromatic heterocycles. The summed E-state index contributed by atoms with van der Waals surface area (Å²) < 4.78 is 0. The van der Waals surface area contributed by atoms with Crippen LogP contribution in [0.15, 0.2) is 18.5 Å². The molecule has 0 aliphatic heterocycles. The Balaban J connectivity index is 2.46. The second-order valence-corrected chi connectivity index (χ2v) is 5.40. The second-order valence-electron chi connectivity index (χ2n) is 4.37. The van der Waals surface area contributed by atoms with E-state index in [4.69, 9.17) is 4.98 Å². The fourth-order valence-corrected chi connectivity index (χ4v) is 3.16. The molecule has 18 heavy (non-hydrogen) atoms. The van der Waals surface area contributed by atoms with Crippen molar-refractivity contribution in [3.8, 4) is 10.6 Å².